The van der Waals surface area contributed by atoms with Crippen LogP contribution in [0, 0.1) is 5.92 Å². The van der Waals surface area contributed by atoms with E-state index in [0.29, 0.717) is 12.5 Å². The maximum Gasteiger partial charge on any atom is 0.221 e. The van der Waals surface area contributed by atoms with Crippen LogP contribution in [0.1, 0.15) is 26.2 Å². The first-order valence-corrected chi connectivity index (χ1v) is 6.89. The number of rotatable bonds is 5. The van der Waals surface area contributed by atoms with Crippen LogP contribution < -0.4 is 10.6 Å². The third-order valence-electron chi connectivity index (χ3n) is 2.87. The Morgan fingerprint density at radius 3 is 2.73 bits per heavy atom. The highest BCUT2D eigenvalue weighted by molar-refractivity contribution is 7.99. The van der Waals surface area contributed by atoms with Gasteiger partial charge in [-0.1, -0.05) is 0 Å². The maximum absolute atomic E-state index is 11.1. The summed E-state index contributed by atoms with van der Waals surface area (Å²) in [4.78, 5) is 11.1. The summed E-state index contributed by atoms with van der Waals surface area (Å²) in [5, 5.41) is 6.10. The normalized spacial score (nSPS) is 19.9. The van der Waals surface area contributed by atoms with E-state index in [1.165, 1.54) is 24.3 Å². The highest BCUT2D eigenvalue weighted by Crippen LogP contribution is 2.21. The third-order valence-corrected chi connectivity index (χ3v) is 3.92. The molecule has 0 aromatic carbocycles. The van der Waals surface area contributed by atoms with Crippen LogP contribution in [0.3, 0.4) is 0 Å². The molecule has 1 aliphatic heterocycles. The molecule has 4 heteroatoms. The highest BCUT2D eigenvalue weighted by Gasteiger charge is 2.15. The molecule has 0 radical (unpaired) electrons. The zero-order valence-electron chi connectivity index (χ0n) is 9.71. The summed E-state index contributed by atoms with van der Waals surface area (Å²) >= 11 is 2.06. The molecular formula is C11H22N2OS. The minimum absolute atomic E-state index is 0.120. The van der Waals surface area contributed by atoms with Crippen molar-refractivity contribution in [2.45, 2.75) is 32.2 Å². The van der Waals surface area contributed by atoms with Gasteiger partial charge in [-0.25, -0.2) is 0 Å². The van der Waals surface area contributed by atoms with E-state index < -0.39 is 0 Å². The molecule has 15 heavy (non-hydrogen) atoms. The molecule has 0 saturated carbocycles. The Balaban J connectivity index is 2.09. The molecule has 1 heterocycles. The minimum Gasteiger partial charge on any atom is -0.359 e. The van der Waals surface area contributed by atoms with Crippen molar-refractivity contribution < 1.29 is 4.79 Å². The lowest BCUT2D eigenvalue weighted by Gasteiger charge is -2.23. The zero-order chi connectivity index (χ0) is 11.1. The number of amides is 1. The first-order chi connectivity index (χ1) is 7.22. The predicted octanol–water partition coefficient (Wildman–Crippen LogP) is 1.24. The van der Waals surface area contributed by atoms with Crippen LogP contribution >= 0.6 is 11.8 Å². The van der Waals surface area contributed by atoms with Crippen molar-refractivity contribution in [3.63, 3.8) is 0 Å². The third kappa shape index (κ3) is 5.42. The summed E-state index contributed by atoms with van der Waals surface area (Å²) in [5.74, 6) is 3.54. The van der Waals surface area contributed by atoms with Gasteiger partial charge in [-0.05, 0) is 43.7 Å². The molecule has 0 spiro atoms. The highest BCUT2D eigenvalue weighted by atomic mass is 32.2. The van der Waals surface area contributed by atoms with E-state index in [9.17, 15) is 4.79 Å². The van der Waals surface area contributed by atoms with Crippen LogP contribution in [0.25, 0.3) is 0 Å². The molecule has 2 N–H and O–H groups in total. The van der Waals surface area contributed by atoms with Crippen molar-refractivity contribution in [2.24, 2.45) is 5.92 Å². The number of hydrogen-bond donors (Lipinski definition) is 2. The van der Waals surface area contributed by atoms with Gasteiger partial charge in [0.05, 0.1) is 0 Å². The lowest BCUT2D eigenvalue weighted by molar-refractivity contribution is -0.121. The van der Waals surface area contributed by atoms with Crippen molar-refractivity contribution in [1.82, 2.24) is 10.6 Å². The molecule has 0 aromatic rings. The van der Waals surface area contributed by atoms with Gasteiger partial charge in [0.1, 0.15) is 0 Å². The predicted molar refractivity (Wildman–Crippen MR) is 66.2 cm³/mol. The summed E-state index contributed by atoms with van der Waals surface area (Å²) < 4.78 is 0. The first-order valence-electron chi connectivity index (χ1n) is 5.74. The molecule has 1 aliphatic rings. The topological polar surface area (TPSA) is 41.1 Å². The van der Waals surface area contributed by atoms with Gasteiger partial charge in [-0.3, -0.25) is 4.79 Å². The lowest BCUT2D eigenvalue weighted by Crippen LogP contribution is -2.36. The fraction of sp³-hybridized carbons (Fsp3) is 0.909. The van der Waals surface area contributed by atoms with E-state index in [-0.39, 0.29) is 5.91 Å². The molecule has 1 rings (SSSR count). The second-order valence-corrected chi connectivity index (χ2v) is 5.47. The van der Waals surface area contributed by atoms with E-state index in [4.69, 9.17) is 0 Å². The Bertz CT molecular complexity index is 193. The number of carbonyl (C=O) groups is 1. The average Bonchev–Trinajstić information content (AvgIpc) is 2.27. The van der Waals surface area contributed by atoms with E-state index >= 15 is 0 Å². The Morgan fingerprint density at radius 1 is 1.47 bits per heavy atom. The van der Waals surface area contributed by atoms with Gasteiger partial charge >= 0.3 is 0 Å². The van der Waals surface area contributed by atoms with E-state index in [1.54, 1.807) is 7.05 Å². The van der Waals surface area contributed by atoms with Crippen LogP contribution in [-0.2, 0) is 4.79 Å². The Kier molecular flexibility index (Phi) is 6.10. The quantitative estimate of drug-likeness (QED) is 0.747. The second kappa shape index (κ2) is 7.12. The fourth-order valence-corrected chi connectivity index (χ4v) is 2.97. The molecule has 0 aliphatic carbocycles. The van der Waals surface area contributed by atoms with Gasteiger partial charge in [-0.15, -0.1) is 0 Å². The summed E-state index contributed by atoms with van der Waals surface area (Å²) in [6.45, 7) is 3.14. The Hall–Kier alpha value is -0.220. The molecule has 1 amide bonds. The first kappa shape index (κ1) is 12.8. The molecule has 1 atom stereocenters. The summed E-state index contributed by atoms with van der Waals surface area (Å²) in [6.07, 6.45) is 3.23. The van der Waals surface area contributed by atoms with Crippen LogP contribution in [-0.4, -0.2) is 37.0 Å². The number of hydrogen-bond acceptors (Lipinski definition) is 3. The fourth-order valence-electron chi connectivity index (χ4n) is 1.77. The van der Waals surface area contributed by atoms with Crippen LogP contribution in [0.4, 0.5) is 0 Å². The van der Waals surface area contributed by atoms with Crippen LogP contribution in [0.15, 0.2) is 0 Å². The zero-order valence-corrected chi connectivity index (χ0v) is 10.5. The van der Waals surface area contributed by atoms with E-state index in [1.807, 2.05) is 0 Å². The molecular weight excluding hydrogens is 208 g/mol. The van der Waals surface area contributed by atoms with Gasteiger partial charge in [0.15, 0.2) is 0 Å². The summed E-state index contributed by atoms with van der Waals surface area (Å²) in [6, 6.07) is 0.291. The van der Waals surface area contributed by atoms with Crippen LogP contribution in [0.2, 0.25) is 0 Å². The van der Waals surface area contributed by atoms with Gasteiger partial charge in [-0.2, -0.15) is 11.8 Å². The lowest BCUT2D eigenvalue weighted by atomic mass is 10.0. The summed E-state index contributed by atoms with van der Waals surface area (Å²) in [5.41, 5.74) is 0. The molecule has 1 fully saturated rings. The van der Waals surface area contributed by atoms with E-state index in [0.717, 1.165) is 12.5 Å². The largest absolute Gasteiger partial charge is 0.359 e. The molecule has 3 nitrogen and oxygen atoms in total. The number of thioether (sulfide) groups is 1. The summed E-state index contributed by atoms with van der Waals surface area (Å²) in [7, 11) is 1.69. The maximum atomic E-state index is 11.1. The number of carbonyl (C=O) groups excluding carboxylic acids is 1. The Morgan fingerprint density at radius 2 is 2.13 bits per heavy atom. The van der Waals surface area contributed by atoms with Gasteiger partial charge in [0.25, 0.3) is 0 Å². The van der Waals surface area contributed by atoms with Crippen molar-refractivity contribution >= 4 is 17.7 Å². The molecule has 1 saturated heterocycles. The van der Waals surface area contributed by atoms with Crippen LogP contribution in [0.5, 0.6) is 0 Å². The molecule has 88 valence electrons. The molecule has 0 bridgehead atoms. The van der Waals surface area contributed by atoms with Crippen molar-refractivity contribution in [3.05, 3.63) is 0 Å². The van der Waals surface area contributed by atoms with Gasteiger partial charge in [0.2, 0.25) is 5.91 Å². The standard InChI is InChI=1S/C11H22N2OS/c1-9(7-11(14)12-2)13-8-10-3-5-15-6-4-10/h9-10,13H,3-8H2,1-2H3,(H,12,14). The van der Waals surface area contributed by atoms with E-state index in [2.05, 4.69) is 29.3 Å². The van der Waals surface area contributed by atoms with Crippen molar-refractivity contribution in [1.29, 1.82) is 0 Å². The van der Waals surface area contributed by atoms with Crippen molar-refractivity contribution in [2.75, 3.05) is 25.1 Å². The Labute approximate surface area is 96.8 Å². The molecule has 0 aromatic heterocycles. The monoisotopic (exact) mass is 230 g/mol. The minimum atomic E-state index is 0.120. The van der Waals surface area contributed by atoms with Crippen molar-refractivity contribution in [3.8, 4) is 0 Å². The average molecular weight is 230 g/mol. The second-order valence-electron chi connectivity index (χ2n) is 4.24. The molecule has 1 unspecified atom stereocenters. The SMILES string of the molecule is CNC(=O)CC(C)NCC1CCSCC1. The smallest absolute Gasteiger partial charge is 0.221 e. The van der Waals surface area contributed by atoms with Gasteiger partial charge < -0.3 is 10.6 Å². The van der Waals surface area contributed by atoms with Gasteiger partial charge in [0, 0.05) is 19.5 Å². The number of nitrogens with one attached hydrogen (secondary N) is 2.